The second kappa shape index (κ2) is 9.95. The Morgan fingerprint density at radius 1 is 1.17 bits per heavy atom. The van der Waals surface area contributed by atoms with Crippen LogP contribution in [0.1, 0.15) is 44.7 Å². The quantitative estimate of drug-likeness (QED) is 0.366. The number of thiazole rings is 1. The van der Waals surface area contributed by atoms with Crippen molar-refractivity contribution < 1.29 is 18.9 Å². The van der Waals surface area contributed by atoms with Gasteiger partial charge in [-0.15, -0.1) is 5.10 Å². The largest absolute Gasteiger partial charge is 0.490 e. The van der Waals surface area contributed by atoms with Crippen molar-refractivity contribution in [3.63, 3.8) is 0 Å². The van der Waals surface area contributed by atoms with Gasteiger partial charge in [-0.3, -0.25) is 4.79 Å². The van der Waals surface area contributed by atoms with Crippen LogP contribution in [-0.2, 0) is 0 Å². The Morgan fingerprint density at radius 3 is 2.77 bits per heavy atom. The zero-order valence-corrected chi connectivity index (χ0v) is 20.7. The first kappa shape index (κ1) is 23.2. The molecule has 2 aromatic heterocycles. The molecular weight excluding hydrogens is 466 g/mol. The van der Waals surface area contributed by atoms with E-state index in [-0.39, 0.29) is 12.2 Å². The van der Waals surface area contributed by atoms with Crippen LogP contribution in [0.3, 0.4) is 0 Å². The second-order valence-electron chi connectivity index (χ2n) is 8.61. The van der Waals surface area contributed by atoms with E-state index in [0.29, 0.717) is 57.4 Å². The van der Waals surface area contributed by atoms with Gasteiger partial charge < -0.3 is 18.9 Å². The summed E-state index contributed by atoms with van der Waals surface area (Å²) >= 11 is 1.28. The summed E-state index contributed by atoms with van der Waals surface area (Å²) in [6.07, 6.45) is 2.31. The summed E-state index contributed by atoms with van der Waals surface area (Å²) in [7, 11) is 0. The molecule has 0 spiro atoms. The number of aromatic nitrogens is 3. The fourth-order valence-electron chi connectivity index (χ4n) is 3.69. The van der Waals surface area contributed by atoms with E-state index in [2.05, 4.69) is 23.9 Å². The Hall–Kier alpha value is -3.59. The number of fused-ring (bicyclic) bond motifs is 2. The van der Waals surface area contributed by atoms with Crippen molar-refractivity contribution in [3.05, 3.63) is 68.7 Å². The number of hydrogen-bond acceptors (Lipinski definition) is 8. The van der Waals surface area contributed by atoms with E-state index < -0.39 is 6.10 Å². The van der Waals surface area contributed by atoms with Gasteiger partial charge in [0.2, 0.25) is 4.96 Å². The van der Waals surface area contributed by atoms with Crippen molar-refractivity contribution in [2.24, 2.45) is 5.92 Å². The number of benzene rings is 2. The van der Waals surface area contributed by atoms with Crippen LogP contribution in [0, 0.1) is 5.92 Å². The number of ether oxygens (including phenoxy) is 4. The highest BCUT2D eigenvalue weighted by Gasteiger charge is 2.27. The predicted octanol–water partition coefficient (Wildman–Crippen LogP) is 4.03. The number of rotatable bonds is 8. The lowest BCUT2D eigenvalue weighted by Gasteiger charge is -2.24. The van der Waals surface area contributed by atoms with E-state index >= 15 is 0 Å². The first-order valence-corrected chi connectivity index (χ1v) is 12.5. The third-order valence-corrected chi connectivity index (χ3v) is 6.47. The van der Waals surface area contributed by atoms with E-state index in [4.69, 9.17) is 18.9 Å². The molecule has 8 nitrogen and oxygen atoms in total. The molecule has 0 aliphatic carbocycles. The monoisotopic (exact) mass is 493 g/mol. The van der Waals surface area contributed by atoms with Gasteiger partial charge in [0.25, 0.3) is 5.56 Å². The van der Waals surface area contributed by atoms with Gasteiger partial charge in [-0.2, -0.15) is 9.50 Å². The molecule has 4 aromatic rings. The zero-order valence-electron chi connectivity index (χ0n) is 19.9. The summed E-state index contributed by atoms with van der Waals surface area (Å²) in [5.74, 6) is 3.68. The van der Waals surface area contributed by atoms with Gasteiger partial charge in [-0.1, -0.05) is 43.4 Å². The van der Waals surface area contributed by atoms with Crippen LogP contribution >= 0.6 is 11.3 Å². The summed E-state index contributed by atoms with van der Waals surface area (Å²) in [4.78, 5) is 18.1. The maximum atomic E-state index is 13.0. The molecule has 0 radical (unpaired) electrons. The third-order valence-electron chi connectivity index (χ3n) is 5.51. The molecule has 0 bridgehead atoms. The molecule has 0 N–H and O–H groups in total. The van der Waals surface area contributed by atoms with Crippen molar-refractivity contribution in [1.29, 1.82) is 0 Å². The minimum atomic E-state index is -0.471. The summed E-state index contributed by atoms with van der Waals surface area (Å²) in [6, 6.07) is 13.1. The van der Waals surface area contributed by atoms with E-state index in [9.17, 15) is 4.79 Å². The fraction of sp³-hybridized carbons (Fsp3) is 0.346. The number of para-hydroxylation sites is 2. The fourth-order valence-corrected chi connectivity index (χ4v) is 4.60. The number of nitrogens with zero attached hydrogens (tertiary/aromatic N) is 3. The molecule has 1 aliphatic heterocycles. The average molecular weight is 494 g/mol. The predicted molar refractivity (Wildman–Crippen MR) is 134 cm³/mol. The normalized spacial score (nSPS) is 15.7. The maximum absolute atomic E-state index is 13.0. The molecule has 0 amide bonds. The molecule has 35 heavy (non-hydrogen) atoms. The second-order valence-corrected chi connectivity index (χ2v) is 9.62. The van der Waals surface area contributed by atoms with Gasteiger partial charge in [0.1, 0.15) is 6.61 Å². The van der Waals surface area contributed by atoms with Crippen LogP contribution in [0.25, 0.3) is 11.0 Å². The van der Waals surface area contributed by atoms with Crippen molar-refractivity contribution in [3.8, 4) is 23.0 Å². The molecule has 3 heterocycles. The van der Waals surface area contributed by atoms with Gasteiger partial charge in [0, 0.05) is 0 Å². The molecule has 9 heteroatoms. The molecule has 182 valence electrons. The summed E-state index contributed by atoms with van der Waals surface area (Å²) < 4.78 is 25.3. The van der Waals surface area contributed by atoms with Gasteiger partial charge in [-0.05, 0) is 55.2 Å². The Bertz CT molecular complexity index is 1450. The average Bonchev–Trinajstić information content (AvgIpc) is 3.39. The number of hydrogen-bond donors (Lipinski definition) is 0. The van der Waals surface area contributed by atoms with Crippen LogP contribution in [-0.4, -0.2) is 34.4 Å². The Kier molecular flexibility index (Phi) is 6.59. The highest BCUT2D eigenvalue weighted by Crippen LogP contribution is 2.35. The zero-order chi connectivity index (χ0) is 24.4. The summed E-state index contributed by atoms with van der Waals surface area (Å²) in [5.41, 5.74) is 0.614. The lowest BCUT2D eigenvalue weighted by molar-refractivity contribution is 0.0852. The van der Waals surface area contributed by atoms with Gasteiger partial charge >= 0.3 is 0 Å². The lowest BCUT2D eigenvalue weighted by atomic mass is 10.1. The van der Waals surface area contributed by atoms with Crippen molar-refractivity contribution in [2.75, 3.05) is 19.8 Å². The first-order chi connectivity index (χ1) is 17.0. The molecule has 1 atom stereocenters. The molecule has 0 saturated heterocycles. The topological polar surface area (TPSA) is 84.2 Å². The molecule has 2 aromatic carbocycles. The van der Waals surface area contributed by atoms with Crippen molar-refractivity contribution in [1.82, 2.24) is 14.6 Å². The van der Waals surface area contributed by atoms with Crippen LogP contribution in [0.5, 0.6) is 23.0 Å². The highest BCUT2D eigenvalue weighted by atomic mass is 32.1. The smallest absolute Gasteiger partial charge is 0.291 e. The van der Waals surface area contributed by atoms with Crippen molar-refractivity contribution in [2.45, 2.75) is 33.3 Å². The third kappa shape index (κ3) is 4.95. The molecule has 1 unspecified atom stereocenters. The minimum absolute atomic E-state index is 0.226. The van der Waals surface area contributed by atoms with E-state index in [1.807, 2.05) is 55.5 Å². The van der Waals surface area contributed by atoms with Gasteiger partial charge in [0.15, 0.2) is 34.9 Å². The van der Waals surface area contributed by atoms with Crippen molar-refractivity contribution >= 4 is 22.4 Å². The first-order valence-electron chi connectivity index (χ1n) is 11.7. The highest BCUT2D eigenvalue weighted by molar-refractivity contribution is 7.15. The SMILES string of the molecule is CCOc1cc(C=c2sc3nc(C4COc5ccccc5O4)nn3c2=O)ccc1OCCC(C)C. The van der Waals surface area contributed by atoms with Crippen LogP contribution < -0.4 is 29.0 Å². The standard InChI is InChI=1S/C26H27N3O5S/c1-4-31-21-13-17(9-10-19(21)32-12-11-16(2)3)14-23-25(30)29-26(35-23)27-24(28-29)22-15-33-18-7-5-6-8-20(18)34-22/h5-10,13-14,16,22H,4,11-12,15H2,1-3H3. The minimum Gasteiger partial charge on any atom is -0.490 e. The van der Waals surface area contributed by atoms with Crippen LogP contribution in [0.4, 0.5) is 0 Å². The molecule has 5 rings (SSSR count). The van der Waals surface area contributed by atoms with E-state index in [0.717, 1.165) is 12.0 Å². The maximum Gasteiger partial charge on any atom is 0.291 e. The Balaban J connectivity index is 1.39. The van der Waals surface area contributed by atoms with Gasteiger partial charge in [-0.25, -0.2) is 0 Å². The van der Waals surface area contributed by atoms with E-state index in [1.165, 1.54) is 15.9 Å². The molecular formula is C26H27N3O5S. The van der Waals surface area contributed by atoms with Crippen LogP contribution in [0.2, 0.25) is 0 Å². The Labute approximate surface area is 206 Å². The van der Waals surface area contributed by atoms with Gasteiger partial charge in [0.05, 0.1) is 17.7 Å². The molecule has 0 saturated carbocycles. The summed E-state index contributed by atoms with van der Waals surface area (Å²) in [6.45, 7) is 7.69. The van der Waals surface area contributed by atoms with Crippen LogP contribution in [0.15, 0.2) is 47.3 Å². The lowest BCUT2D eigenvalue weighted by Crippen LogP contribution is -2.26. The van der Waals surface area contributed by atoms with E-state index in [1.54, 1.807) is 0 Å². The molecule has 0 fully saturated rings. The summed E-state index contributed by atoms with van der Waals surface area (Å²) in [5, 5.41) is 4.41. The molecule has 1 aliphatic rings. The Morgan fingerprint density at radius 2 is 2.00 bits per heavy atom.